The van der Waals surface area contributed by atoms with Crippen LogP contribution in [0.25, 0.3) is 0 Å². The first kappa shape index (κ1) is 12.8. The molecule has 0 aromatic heterocycles. The lowest BCUT2D eigenvalue weighted by Gasteiger charge is -2.40. The standard InChI is InChI=1S/C12H23N3O2/c1-14-12(16)11-8-17-6-5-15(11)10-4-2-3-9(10)7-13/h9-11H,2-8,13H2,1H3,(H,14,16). The SMILES string of the molecule is CNC(=O)C1COCCN1C1CCCC1CN. The van der Waals surface area contributed by atoms with Crippen molar-refractivity contribution in [1.29, 1.82) is 0 Å². The van der Waals surface area contributed by atoms with Crippen molar-refractivity contribution in [2.75, 3.05) is 33.4 Å². The molecule has 98 valence electrons. The maximum atomic E-state index is 11.9. The first-order chi connectivity index (χ1) is 8.27. The number of hydrogen-bond donors (Lipinski definition) is 2. The first-order valence-corrected chi connectivity index (χ1v) is 6.53. The number of carbonyl (C=O) groups is 1. The largest absolute Gasteiger partial charge is 0.378 e. The number of ether oxygens (including phenoxy) is 1. The number of rotatable bonds is 3. The van der Waals surface area contributed by atoms with Crippen LogP contribution in [0.2, 0.25) is 0 Å². The zero-order valence-electron chi connectivity index (χ0n) is 10.5. The zero-order chi connectivity index (χ0) is 12.3. The average molecular weight is 241 g/mol. The van der Waals surface area contributed by atoms with Crippen LogP contribution in [0.5, 0.6) is 0 Å². The van der Waals surface area contributed by atoms with Gasteiger partial charge in [-0.1, -0.05) is 6.42 Å². The third-order valence-electron chi connectivity index (χ3n) is 4.07. The fourth-order valence-corrected chi connectivity index (χ4v) is 3.14. The Morgan fingerprint density at radius 1 is 1.53 bits per heavy atom. The van der Waals surface area contributed by atoms with Gasteiger partial charge in [0, 0.05) is 19.6 Å². The minimum atomic E-state index is -0.133. The summed E-state index contributed by atoms with van der Waals surface area (Å²) in [5.74, 6) is 0.604. The number of morpholine rings is 1. The summed E-state index contributed by atoms with van der Waals surface area (Å²) in [6, 6.07) is 0.331. The molecule has 2 fully saturated rings. The van der Waals surface area contributed by atoms with E-state index in [9.17, 15) is 4.79 Å². The third kappa shape index (κ3) is 2.61. The maximum absolute atomic E-state index is 11.9. The fraction of sp³-hybridized carbons (Fsp3) is 0.917. The smallest absolute Gasteiger partial charge is 0.239 e. The van der Waals surface area contributed by atoms with Gasteiger partial charge in [0.1, 0.15) is 6.04 Å². The molecule has 1 aliphatic carbocycles. The molecule has 1 amide bonds. The third-order valence-corrected chi connectivity index (χ3v) is 4.07. The van der Waals surface area contributed by atoms with E-state index in [0.29, 0.717) is 18.6 Å². The highest BCUT2D eigenvalue weighted by atomic mass is 16.5. The molecule has 17 heavy (non-hydrogen) atoms. The van der Waals surface area contributed by atoms with E-state index in [1.54, 1.807) is 7.05 Å². The quantitative estimate of drug-likeness (QED) is 0.703. The molecular weight excluding hydrogens is 218 g/mol. The van der Waals surface area contributed by atoms with Gasteiger partial charge in [-0.3, -0.25) is 9.69 Å². The molecule has 3 unspecified atom stereocenters. The van der Waals surface area contributed by atoms with Gasteiger partial charge in [0.15, 0.2) is 0 Å². The minimum Gasteiger partial charge on any atom is -0.378 e. The van der Waals surface area contributed by atoms with Gasteiger partial charge in [-0.15, -0.1) is 0 Å². The summed E-state index contributed by atoms with van der Waals surface area (Å²) in [6.07, 6.45) is 3.58. The molecule has 2 rings (SSSR count). The Labute approximate surface area is 103 Å². The molecule has 0 aromatic rings. The Hall–Kier alpha value is -0.650. The molecule has 1 aliphatic heterocycles. The number of carbonyl (C=O) groups excluding carboxylic acids is 1. The Kier molecular flexibility index (Phi) is 4.36. The van der Waals surface area contributed by atoms with Crippen molar-refractivity contribution >= 4 is 5.91 Å². The van der Waals surface area contributed by atoms with E-state index in [0.717, 1.165) is 26.1 Å². The number of amides is 1. The van der Waals surface area contributed by atoms with Crippen molar-refractivity contribution in [3.63, 3.8) is 0 Å². The van der Waals surface area contributed by atoms with E-state index in [-0.39, 0.29) is 11.9 Å². The van der Waals surface area contributed by atoms with Crippen LogP contribution in [0.15, 0.2) is 0 Å². The van der Waals surface area contributed by atoms with E-state index in [4.69, 9.17) is 10.5 Å². The molecule has 3 N–H and O–H groups in total. The Bertz CT molecular complexity index is 272. The first-order valence-electron chi connectivity index (χ1n) is 6.53. The van der Waals surface area contributed by atoms with E-state index in [2.05, 4.69) is 10.2 Å². The Morgan fingerprint density at radius 2 is 2.35 bits per heavy atom. The number of nitrogens with one attached hydrogen (secondary N) is 1. The number of nitrogens with two attached hydrogens (primary N) is 1. The average Bonchev–Trinajstić information content (AvgIpc) is 2.86. The zero-order valence-corrected chi connectivity index (χ0v) is 10.5. The molecular formula is C12H23N3O2. The van der Waals surface area contributed by atoms with Crippen LogP contribution >= 0.6 is 0 Å². The van der Waals surface area contributed by atoms with Gasteiger partial charge in [0.25, 0.3) is 0 Å². The highest BCUT2D eigenvalue weighted by molar-refractivity contribution is 5.81. The summed E-state index contributed by atoms with van der Waals surface area (Å²) in [7, 11) is 1.68. The van der Waals surface area contributed by atoms with Crippen molar-refractivity contribution in [2.24, 2.45) is 11.7 Å². The van der Waals surface area contributed by atoms with Gasteiger partial charge in [-0.05, 0) is 25.3 Å². The van der Waals surface area contributed by atoms with Crippen LogP contribution < -0.4 is 11.1 Å². The molecule has 2 aliphatic rings. The monoisotopic (exact) mass is 241 g/mol. The maximum Gasteiger partial charge on any atom is 0.239 e. The van der Waals surface area contributed by atoms with Crippen molar-refractivity contribution in [3.8, 4) is 0 Å². The molecule has 5 nitrogen and oxygen atoms in total. The summed E-state index contributed by atoms with van der Waals surface area (Å²) in [6.45, 7) is 2.80. The molecule has 0 bridgehead atoms. The van der Waals surface area contributed by atoms with Crippen molar-refractivity contribution in [1.82, 2.24) is 10.2 Å². The summed E-state index contributed by atoms with van der Waals surface area (Å²) < 4.78 is 5.43. The molecule has 1 heterocycles. The van der Waals surface area contributed by atoms with Crippen LogP contribution in [-0.4, -0.2) is 56.2 Å². The van der Waals surface area contributed by atoms with E-state index in [1.807, 2.05) is 0 Å². The lowest BCUT2D eigenvalue weighted by Crippen LogP contribution is -2.58. The summed E-state index contributed by atoms with van der Waals surface area (Å²) in [5, 5.41) is 2.73. The predicted octanol–water partition coefficient (Wildman–Crippen LogP) is -0.439. The summed E-state index contributed by atoms with van der Waals surface area (Å²) in [4.78, 5) is 14.2. The molecule has 1 saturated carbocycles. The second-order valence-electron chi connectivity index (χ2n) is 4.94. The lowest BCUT2D eigenvalue weighted by molar-refractivity contribution is -0.134. The molecule has 0 aromatic carbocycles. The number of hydrogen-bond acceptors (Lipinski definition) is 4. The van der Waals surface area contributed by atoms with E-state index >= 15 is 0 Å². The predicted molar refractivity (Wildman–Crippen MR) is 65.6 cm³/mol. The number of likely N-dealkylation sites (N-methyl/N-ethyl adjacent to an activating group) is 1. The van der Waals surface area contributed by atoms with Crippen molar-refractivity contribution < 1.29 is 9.53 Å². The second-order valence-corrected chi connectivity index (χ2v) is 4.94. The summed E-state index contributed by atoms with van der Waals surface area (Å²) >= 11 is 0. The van der Waals surface area contributed by atoms with Gasteiger partial charge in [-0.25, -0.2) is 0 Å². The molecule has 5 heteroatoms. The lowest BCUT2D eigenvalue weighted by atomic mass is 9.99. The van der Waals surface area contributed by atoms with Gasteiger partial charge in [0.05, 0.1) is 13.2 Å². The van der Waals surface area contributed by atoms with Gasteiger partial charge in [0.2, 0.25) is 5.91 Å². The normalized spacial score (nSPS) is 34.8. The van der Waals surface area contributed by atoms with Gasteiger partial charge >= 0.3 is 0 Å². The molecule has 0 radical (unpaired) electrons. The Morgan fingerprint density at radius 3 is 3.06 bits per heavy atom. The molecule has 3 atom stereocenters. The van der Waals surface area contributed by atoms with Crippen LogP contribution in [0.1, 0.15) is 19.3 Å². The second kappa shape index (κ2) is 5.80. The number of nitrogens with zero attached hydrogens (tertiary/aromatic N) is 1. The highest BCUT2D eigenvalue weighted by Gasteiger charge is 2.38. The Balaban J connectivity index is 2.07. The van der Waals surface area contributed by atoms with Crippen LogP contribution in [-0.2, 0) is 9.53 Å². The minimum absolute atomic E-state index is 0.0624. The van der Waals surface area contributed by atoms with Gasteiger partial charge in [-0.2, -0.15) is 0 Å². The van der Waals surface area contributed by atoms with Gasteiger partial charge < -0.3 is 15.8 Å². The van der Waals surface area contributed by atoms with Crippen LogP contribution in [0, 0.1) is 5.92 Å². The van der Waals surface area contributed by atoms with E-state index in [1.165, 1.54) is 12.8 Å². The topological polar surface area (TPSA) is 67.6 Å². The molecule has 0 spiro atoms. The fourth-order valence-electron chi connectivity index (χ4n) is 3.14. The van der Waals surface area contributed by atoms with Crippen LogP contribution in [0.4, 0.5) is 0 Å². The summed E-state index contributed by atoms with van der Waals surface area (Å²) in [5.41, 5.74) is 5.83. The van der Waals surface area contributed by atoms with E-state index < -0.39 is 0 Å². The molecule has 1 saturated heterocycles. The van der Waals surface area contributed by atoms with Crippen LogP contribution in [0.3, 0.4) is 0 Å². The highest BCUT2D eigenvalue weighted by Crippen LogP contribution is 2.31. The van der Waals surface area contributed by atoms with Crippen molar-refractivity contribution in [2.45, 2.75) is 31.3 Å². The van der Waals surface area contributed by atoms with Crippen molar-refractivity contribution in [3.05, 3.63) is 0 Å².